The van der Waals surface area contributed by atoms with Gasteiger partial charge in [0, 0.05) is 13.1 Å². The van der Waals surface area contributed by atoms with Crippen LogP contribution >= 0.6 is 0 Å². The minimum absolute atomic E-state index is 0.101. The van der Waals surface area contributed by atoms with E-state index in [1.54, 1.807) is 36.4 Å². The third kappa shape index (κ3) is 8.19. The van der Waals surface area contributed by atoms with Crippen molar-refractivity contribution in [1.29, 1.82) is 0 Å². The molecule has 220 valence electrons. The minimum atomic E-state index is -4.09. The van der Waals surface area contributed by atoms with Crippen LogP contribution in [0.2, 0.25) is 0 Å². The number of benzene rings is 3. The van der Waals surface area contributed by atoms with E-state index in [4.69, 9.17) is 0 Å². The SMILES string of the molecule is CCCCNC(=O)[C@@H](CC)N(Cc1cccc(C)c1)C(=O)CN(c1ccc(C)c(C)c1)S(=O)(=O)c1ccc(C)cc1. The zero-order chi connectivity index (χ0) is 30.2. The average Bonchev–Trinajstić information content (AvgIpc) is 2.93. The first-order chi connectivity index (χ1) is 19.5. The Bertz CT molecular complexity index is 1450. The first-order valence-electron chi connectivity index (χ1n) is 14.3. The summed E-state index contributed by atoms with van der Waals surface area (Å²) in [4.78, 5) is 29.1. The standard InChI is InChI=1S/C33H43N3O4S/c1-7-9-19-34-33(38)31(8-2)35(22-28-12-10-11-25(4)20-28)32(37)23-36(29-16-15-26(5)27(6)21-29)41(39,40)30-17-13-24(3)14-18-30/h10-18,20-21,31H,7-9,19,22-23H2,1-6H3,(H,34,38)/t31-/m1/s1. The van der Waals surface area contributed by atoms with E-state index >= 15 is 0 Å². The second-order valence-electron chi connectivity index (χ2n) is 10.7. The van der Waals surface area contributed by atoms with Gasteiger partial charge in [0.05, 0.1) is 10.6 Å². The number of nitrogens with zero attached hydrogens (tertiary/aromatic N) is 2. The summed E-state index contributed by atoms with van der Waals surface area (Å²) >= 11 is 0. The second kappa shape index (κ2) is 14.3. The van der Waals surface area contributed by atoms with Gasteiger partial charge < -0.3 is 10.2 Å². The van der Waals surface area contributed by atoms with Crippen LogP contribution in [0.15, 0.2) is 71.6 Å². The molecule has 1 N–H and O–H groups in total. The summed E-state index contributed by atoms with van der Waals surface area (Å²) in [5, 5.41) is 2.96. The molecule has 8 heteroatoms. The molecule has 2 amide bonds. The lowest BCUT2D eigenvalue weighted by Gasteiger charge is -2.33. The lowest BCUT2D eigenvalue weighted by Crippen LogP contribution is -2.52. The van der Waals surface area contributed by atoms with Crippen molar-refractivity contribution in [2.45, 2.75) is 78.3 Å². The van der Waals surface area contributed by atoms with Crippen molar-refractivity contribution in [1.82, 2.24) is 10.2 Å². The zero-order valence-corrected chi connectivity index (χ0v) is 25.9. The van der Waals surface area contributed by atoms with Crippen molar-refractivity contribution >= 4 is 27.5 Å². The molecule has 0 aliphatic rings. The summed E-state index contributed by atoms with van der Waals surface area (Å²) in [5.41, 5.74) is 5.17. The number of carbonyl (C=O) groups is 2. The quantitative estimate of drug-likeness (QED) is 0.259. The van der Waals surface area contributed by atoms with Gasteiger partial charge in [-0.1, -0.05) is 73.9 Å². The van der Waals surface area contributed by atoms with E-state index in [0.29, 0.717) is 18.7 Å². The predicted octanol–water partition coefficient (Wildman–Crippen LogP) is 5.84. The molecule has 3 rings (SSSR count). The van der Waals surface area contributed by atoms with Gasteiger partial charge in [-0.15, -0.1) is 0 Å². The van der Waals surface area contributed by atoms with Gasteiger partial charge in [-0.3, -0.25) is 13.9 Å². The van der Waals surface area contributed by atoms with E-state index in [0.717, 1.165) is 45.0 Å². The molecule has 3 aromatic carbocycles. The van der Waals surface area contributed by atoms with Crippen LogP contribution in [0.1, 0.15) is 60.9 Å². The van der Waals surface area contributed by atoms with Crippen LogP contribution in [0.25, 0.3) is 0 Å². The van der Waals surface area contributed by atoms with Gasteiger partial charge in [-0.25, -0.2) is 8.42 Å². The summed E-state index contributed by atoms with van der Waals surface area (Å²) in [5.74, 6) is -0.681. The van der Waals surface area contributed by atoms with Gasteiger partial charge in [0.2, 0.25) is 11.8 Å². The highest BCUT2D eigenvalue weighted by atomic mass is 32.2. The molecular formula is C33H43N3O4S. The Morgan fingerprint density at radius 1 is 0.854 bits per heavy atom. The van der Waals surface area contributed by atoms with Crippen molar-refractivity contribution in [2.24, 2.45) is 0 Å². The highest BCUT2D eigenvalue weighted by Crippen LogP contribution is 2.27. The van der Waals surface area contributed by atoms with Crippen LogP contribution in [0, 0.1) is 27.7 Å². The number of hydrogen-bond acceptors (Lipinski definition) is 4. The molecule has 0 heterocycles. The summed E-state index contributed by atoms with van der Waals surface area (Å²) in [6.45, 7) is 11.9. The maximum Gasteiger partial charge on any atom is 0.264 e. The van der Waals surface area contributed by atoms with Crippen LogP contribution in [-0.4, -0.2) is 44.3 Å². The molecular weight excluding hydrogens is 534 g/mol. The number of nitrogens with one attached hydrogen (secondary N) is 1. The number of carbonyl (C=O) groups excluding carboxylic acids is 2. The molecule has 1 atom stereocenters. The van der Waals surface area contributed by atoms with Crippen LogP contribution in [0.4, 0.5) is 5.69 Å². The summed E-state index contributed by atoms with van der Waals surface area (Å²) < 4.78 is 29.2. The number of amides is 2. The van der Waals surface area contributed by atoms with Crippen LogP contribution in [-0.2, 0) is 26.2 Å². The smallest absolute Gasteiger partial charge is 0.264 e. The van der Waals surface area contributed by atoms with Gasteiger partial charge in [-0.2, -0.15) is 0 Å². The Hall–Kier alpha value is -3.65. The minimum Gasteiger partial charge on any atom is -0.354 e. The highest BCUT2D eigenvalue weighted by Gasteiger charge is 2.33. The number of sulfonamides is 1. The zero-order valence-electron chi connectivity index (χ0n) is 25.1. The molecule has 0 aliphatic heterocycles. The normalized spacial score (nSPS) is 12.0. The van der Waals surface area contributed by atoms with Crippen LogP contribution < -0.4 is 9.62 Å². The van der Waals surface area contributed by atoms with Gasteiger partial charge >= 0.3 is 0 Å². The molecule has 41 heavy (non-hydrogen) atoms. The van der Waals surface area contributed by atoms with Gasteiger partial charge in [0.15, 0.2) is 0 Å². The molecule has 0 bridgehead atoms. The number of rotatable bonds is 13. The molecule has 0 saturated heterocycles. The maximum atomic E-state index is 14.2. The Kier molecular flexibility index (Phi) is 11.1. The van der Waals surface area contributed by atoms with E-state index in [9.17, 15) is 18.0 Å². The fraction of sp³-hybridized carbons (Fsp3) is 0.394. The topological polar surface area (TPSA) is 86.8 Å². The number of anilines is 1. The molecule has 0 aliphatic carbocycles. The van der Waals surface area contributed by atoms with Gasteiger partial charge in [0.1, 0.15) is 12.6 Å². The molecule has 0 aromatic heterocycles. The molecule has 0 saturated carbocycles. The monoisotopic (exact) mass is 577 g/mol. The first-order valence-corrected chi connectivity index (χ1v) is 15.7. The number of hydrogen-bond donors (Lipinski definition) is 1. The Labute approximate surface area is 245 Å². The fourth-order valence-electron chi connectivity index (χ4n) is 4.68. The van der Waals surface area contributed by atoms with Gasteiger partial charge in [-0.05, 0) is 81.5 Å². The van der Waals surface area contributed by atoms with Crippen molar-refractivity contribution in [3.63, 3.8) is 0 Å². The number of aryl methyl sites for hydroxylation is 4. The van der Waals surface area contributed by atoms with E-state index in [1.165, 1.54) is 4.90 Å². The molecule has 7 nitrogen and oxygen atoms in total. The maximum absolute atomic E-state index is 14.2. The van der Waals surface area contributed by atoms with Gasteiger partial charge in [0.25, 0.3) is 10.0 Å². The third-order valence-electron chi connectivity index (χ3n) is 7.32. The Morgan fingerprint density at radius 2 is 1.56 bits per heavy atom. The first kappa shape index (κ1) is 31.9. The largest absolute Gasteiger partial charge is 0.354 e. The van der Waals surface area contributed by atoms with Crippen LogP contribution in [0.3, 0.4) is 0 Å². The molecule has 0 radical (unpaired) electrons. The number of unbranched alkanes of at least 4 members (excludes halogenated alkanes) is 1. The lowest BCUT2D eigenvalue weighted by atomic mass is 10.1. The highest BCUT2D eigenvalue weighted by molar-refractivity contribution is 7.92. The summed E-state index contributed by atoms with van der Waals surface area (Å²) in [6, 6.07) is 19.0. The van der Waals surface area contributed by atoms with Crippen LogP contribution in [0.5, 0.6) is 0 Å². The Morgan fingerprint density at radius 3 is 2.17 bits per heavy atom. The average molecular weight is 578 g/mol. The van der Waals surface area contributed by atoms with Crippen molar-refractivity contribution in [2.75, 3.05) is 17.4 Å². The molecule has 3 aromatic rings. The fourth-order valence-corrected chi connectivity index (χ4v) is 6.09. The molecule has 0 unspecified atom stereocenters. The summed E-state index contributed by atoms with van der Waals surface area (Å²) in [6.07, 6.45) is 2.16. The third-order valence-corrected chi connectivity index (χ3v) is 9.11. The summed E-state index contributed by atoms with van der Waals surface area (Å²) in [7, 11) is -4.09. The Balaban J connectivity index is 2.06. The lowest BCUT2D eigenvalue weighted by molar-refractivity contribution is -0.140. The van der Waals surface area contributed by atoms with E-state index in [-0.39, 0.29) is 17.3 Å². The van der Waals surface area contributed by atoms with E-state index < -0.39 is 28.5 Å². The van der Waals surface area contributed by atoms with Crippen molar-refractivity contribution in [3.8, 4) is 0 Å². The van der Waals surface area contributed by atoms with E-state index in [1.807, 2.05) is 71.9 Å². The predicted molar refractivity (Wildman–Crippen MR) is 165 cm³/mol. The molecule has 0 spiro atoms. The van der Waals surface area contributed by atoms with Crippen molar-refractivity contribution in [3.05, 3.63) is 94.5 Å². The van der Waals surface area contributed by atoms with Crippen molar-refractivity contribution < 1.29 is 18.0 Å². The van der Waals surface area contributed by atoms with E-state index in [2.05, 4.69) is 5.32 Å². The molecule has 0 fully saturated rings. The second-order valence-corrected chi connectivity index (χ2v) is 12.5.